The van der Waals surface area contributed by atoms with Crippen molar-refractivity contribution in [3.8, 4) is 5.75 Å². The van der Waals surface area contributed by atoms with Crippen LogP contribution in [-0.4, -0.2) is 23.6 Å². The lowest BCUT2D eigenvalue weighted by atomic mass is 10.2. The zero-order chi connectivity index (χ0) is 15.2. The van der Waals surface area contributed by atoms with Gasteiger partial charge in [-0.2, -0.15) is 0 Å². The van der Waals surface area contributed by atoms with Crippen LogP contribution in [0, 0.1) is 5.82 Å². The number of nitrogens with one attached hydrogen (secondary N) is 1. The third-order valence-corrected chi connectivity index (χ3v) is 2.60. The van der Waals surface area contributed by atoms with Crippen LogP contribution in [0.5, 0.6) is 5.75 Å². The summed E-state index contributed by atoms with van der Waals surface area (Å²) in [5.74, 6) is -1.90. The lowest BCUT2D eigenvalue weighted by molar-refractivity contribution is -0.118. The number of anilines is 1. The van der Waals surface area contributed by atoms with Crippen molar-refractivity contribution in [2.75, 3.05) is 11.9 Å². The molecule has 1 amide bonds. The Balaban J connectivity index is 1.95. The topological polar surface area (TPSA) is 75.6 Å². The van der Waals surface area contributed by atoms with E-state index in [0.717, 1.165) is 0 Å². The zero-order valence-corrected chi connectivity index (χ0v) is 10.9. The molecule has 0 aromatic heterocycles. The number of carbonyl (C=O) groups is 2. The van der Waals surface area contributed by atoms with Gasteiger partial charge in [0.1, 0.15) is 17.1 Å². The van der Waals surface area contributed by atoms with Crippen LogP contribution in [0.4, 0.5) is 10.1 Å². The highest BCUT2D eigenvalue weighted by molar-refractivity contribution is 5.93. The first kappa shape index (κ1) is 14.5. The first-order valence-corrected chi connectivity index (χ1v) is 6.07. The molecule has 0 saturated carbocycles. The minimum absolute atomic E-state index is 0.0212. The molecule has 0 aliphatic carbocycles. The van der Waals surface area contributed by atoms with E-state index < -0.39 is 17.7 Å². The molecule has 0 aliphatic rings. The number of halogens is 1. The number of rotatable bonds is 5. The van der Waals surface area contributed by atoms with Gasteiger partial charge in [-0.1, -0.05) is 12.1 Å². The maximum absolute atomic E-state index is 12.7. The van der Waals surface area contributed by atoms with Crippen molar-refractivity contribution < 1.29 is 23.8 Å². The predicted molar refractivity (Wildman–Crippen MR) is 73.9 cm³/mol. The number of amides is 1. The molecule has 2 aromatic carbocycles. The molecule has 0 fully saturated rings. The van der Waals surface area contributed by atoms with E-state index in [-0.39, 0.29) is 17.9 Å². The second kappa shape index (κ2) is 6.51. The van der Waals surface area contributed by atoms with E-state index >= 15 is 0 Å². The van der Waals surface area contributed by atoms with Crippen molar-refractivity contribution in [1.82, 2.24) is 0 Å². The summed E-state index contributed by atoms with van der Waals surface area (Å²) in [6.07, 6.45) is 0. The zero-order valence-electron chi connectivity index (χ0n) is 10.9. The van der Waals surface area contributed by atoms with Gasteiger partial charge in [0.25, 0.3) is 5.91 Å². The standard InChI is InChI=1S/C15H12FNO4/c16-10-5-7-11(8-6-10)17-14(18)9-21-13-4-2-1-3-12(13)15(19)20/h1-8H,9H2,(H,17,18)(H,19,20). The fraction of sp³-hybridized carbons (Fsp3) is 0.0667. The van der Waals surface area contributed by atoms with Crippen LogP contribution in [0.3, 0.4) is 0 Å². The van der Waals surface area contributed by atoms with Gasteiger partial charge in [0.2, 0.25) is 0 Å². The SMILES string of the molecule is O=C(COc1ccccc1C(=O)O)Nc1ccc(F)cc1. The summed E-state index contributed by atoms with van der Waals surface area (Å²) in [6.45, 7) is -0.346. The Hall–Kier alpha value is -2.89. The van der Waals surface area contributed by atoms with E-state index in [9.17, 15) is 14.0 Å². The first-order valence-electron chi connectivity index (χ1n) is 6.07. The van der Waals surface area contributed by atoms with Crippen LogP contribution >= 0.6 is 0 Å². The third kappa shape index (κ3) is 4.04. The van der Waals surface area contributed by atoms with E-state index in [4.69, 9.17) is 9.84 Å². The van der Waals surface area contributed by atoms with Crippen molar-refractivity contribution in [3.63, 3.8) is 0 Å². The highest BCUT2D eigenvalue weighted by atomic mass is 19.1. The van der Waals surface area contributed by atoms with Gasteiger partial charge in [-0.05, 0) is 36.4 Å². The van der Waals surface area contributed by atoms with Crippen molar-refractivity contribution in [1.29, 1.82) is 0 Å². The second-order valence-corrected chi connectivity index (χ2v) is 4.15. The van der Waals surface area contributed by atoms with Crippen LogP contribution < -0.4 is 10.1 Å². The highest BCUT2D eigenvalue weighted by Crippen LogP contribution is 2.17. The first-order chi connectivity index (χ1) is 10.1. The monoisotopic (exact) mass is 289 g/mol. The number of benzene rings is 2. The number of hydrogen-bond acceptors (Lipinski definition) is 3. The Morgan fingerprint density at radius 2 is 1.76 bits per heavy atom. The number of carboxylic acids is 1. The molecular weight excluding hydrogens is 277 g/mol. The Morgan fingerprint density at radius 3 is 2.43 bits per heavy atom. The van der Waals surface area contributed by atoms with E-state index in [2.05, 4.69) is 5.32 Å². The Kier molecular flexibility index (Phi) is 4.50. The summed E-state index contributed by atoms with van der Waals surface area (Å²) >= 11 is 0. The lowest BCUT2D eigenvalue weighted by Gasteiger charge is -2.09. The average molecular weight is 289 g/mol. The molecule has 0 heterocycles. The summed E-state index contributed by atoms with van der Waals surface area (Å²) in [4.78, 5) is 22.6. The molecule has 0 spiro atoms. The van der Waals surface area contributed by atoms with Gasteiger partial charge in [-0.15, -0.1) is 0 Å². The van der Waals surface area contributed by atoms with Crippen LogP contribution in [-0.2, 0) is 4.79 Å². The van der Waals surface area contributed by atoms with E-state index in [1.165, 1.54) is 36.4 Å². The number of carbonyl (C=O) groups excluding carboxylic acids is 1. The Labute approximate surface area is 120 Å². The van der Waals surface area contributed by atoms with E-state index in [0.29, 0.717) is 5.69 Å². The Morgan fingerprint density at radius 1 is 1.10 bits per heavy atom. The quantitative estimate of drug-likeness (QED) is 0.887. The fourth-order valence-corrected chi connectivity index (χ4v) is 1.64. The number of hydrogen-bond donors (Lipinski definition) is 2. The number of ether oxygens (including phenoxy) is 1. The number of para-hydroxylation sites is 1. The highest BCUT2D eigenvalue weighted by Gasteiger charge is 2.11. The minimum atomic E-state index is -1.13. The average Bonchev–Trinajstić information content (AvgIpc) is 2.48. The smallest absolute Gasteiger partial charge is 0.339 e. The molecular formula is C15H12FNO4. The van der Waals surface area contributed by atoms with Gasteiger partial charge < -0.3 is 15.2 Å². The van der Waals surface area contributed by atoms with Gasteiger partial charge >= 0.3 is 5.97 Å². The summed E-state index contributed by atoms with van der Waals surface area (Å²) < 4.78 is 17.9. The van der Waals surface area contributed by atoms with Crippen LogP contribution in [0.2, 0.25) is 0 Å². The lowest BCUT2D eigenvalue weighted by Crippen LogP contribution is -2.20. The predicted octanol–water partition coefficient (Wildman–Crippen LogP) is 2.54. The number of carboxylic acid groups (broad SMARTS) is 1. The molecule has 2 N–H and O–H groups in total. The normalized spacial score (nSPS) is 9.95. The fourth-order valence-electron chi connectivity index (χ4n) is 1.64. The number of aromatic carboxylic acids is 1. The molecule has 5 nitrogen and oxygen atoms in total. The van der Waals surface area contributed by atoms with Gasteiger partial charge in [-0.3, -0.25) is 4.79 Å². The van der Waals surface area contributed by atoms with Gasteiger partial charge in [0.15, 0.2) is 6.61 Å². The van der Waals surface area contributed by atoms with Crippen LogP contribution in [0.25, 0.3) is 0 Å². The molecule has 0 radical (unpaired) electrons. The molecule has 2 aromatic rings. The van der Waals surface area contributed by atoms with E-state index in [1.54, 1.807) is 12.1 Å². The van der Waals surface area contributed by atoms with Gasteiger partial charge in [0, 0.05) is 5.69 Å². The molecule has 0 aliphatic heterocycles. The molecule has 0 saturated heterocycles. The van der Waals surface area contributed by atoms with E-state index in [1.807, 2.05) is 0 Å². The van der Waals surface area contributed by atoms with Crippen molar-refractivity contribution in [2.24, 2.45) is 0 Å². The van der Waals surface area contributed by atoms with Crippen LogP contribution in [0.15, 0.2) is 48.5 Å². The molecule has 0 bridgehead atoms. The molecule has 0 unspecified atom stereocenters. The summed E-state index contributed by atoms with van der Waals surface area (Å²) in [6, 6.07) is 11.3. The molecule has 0 atom stereocenters. The minimum Gasteiger partial charge on any atom is -0.483 e. The summed E-state index contributed by atoms with van der Waals surface area (Å²) in [7, 11) is 0. The molecule has 6 heteroatoms. The molecule has 21 heavy (non-hydrogen) atoms. The van der Waals surface area contributed by atoms with Crippen LogP contribution in [0.1, 0.15) is 10.4 Å². The third-order valence-electron chi connectivity index (χ3n) is 2.60. The Bertz CT molecular complexity index is 655. The summed E-state index contributed by atoms with van der Waals surface area (Å²) in [5.41, 5.74) is 0.406. The summed E-state index contributed by atoms with van der Waals surface area (Å²) in [5, 5.41) is 11.5. The van der Waals surface area contributed by atoms with Gasteiger partial charge in [-0.25, -0.2) is 9.18 Å². The van der Waals surface area contributed by atoms with Crippen molar-refractivity contribution in [3.05, 3.63) is 59.9 Å². The molecule has 108 valence electrons. The second-order valence-electron chi connectivity index (χ2n) is 4.15. The van der Waals surface area contributed by atoms with Crippen molar-refractivity contribution >= 4 is 17.6 Å². The van der Waals surface area contributed by atoms with Gasteiger partial charge in [0.05, 0.1) is 0 Å². The maximum Gasteiger partial charge on any atom is 0.339 e. The van der Waals surface area contributed by atoms with Crippen molar-refractivity contribution in [2.45, 2.75) is 0 Å². The maximum atomic E-state index is 12.7. The largest absolute Gasteiger partial charge is 0.483 e. The molecule has 2 rings (SSSR count).